The lowest BCUT2D eigenvalue weighted by atomic mass is 10.1. The summed E-state index contributed by atoms with van der Waals surface area (Å²) >= 11 is 0. The number of halogens is 2. The Morgan fingerprint density at radius 1 is 1.27 bits per heavy atom. The molecule has 1 aromatic rings. The maximum atomic E-state index is 13.3. The zero-order chi connectivity index (χ0) is 11.4. The van der Waals surface area contributed by atoms with Crippen LogP contribution in [0.3, 0.4) is 0 Å². The summed E-state index contributed by atoms with van der Waals surface area (Å²) in [6.45, 7) is 0. The molecule has 0 aromatic heterocycles. The van der Waals surface area contributed by atoms with E-state index in [1.54, 1.807) is 0 Å². The second-order valence-corrected chi connectivity index (χ2v) is 2.74. The van der Waals surface area contributed by atoms with Gasteiger partial charge in [0.05, 0.1) is 7.11 Å². The summed E-state index contributed by atoms with van der Waals surface area (Å²) in [4.78, 5) is 10.7. The number of hydrogen-bond acceptors (Lipinski definition) is 3. The largest absolute Gasteiger partial charge is 0.464 e. The predicted octanol–water partition coefficient (Wildman–Crippen LogP) is 2.05. The average molecular weight is 213 g/mol. The van der Waals surface area contributed by atoms with Crippen LogP contribution >= 0.6 is 0 Å². The highest BCUT2D eigenvalue weighted by atomic mass is 19.2. The Hall–Kier alpha value is -1.91. The highest BCUT2D eigenvalue weighted by Crippen LogP contribution is 2.22. The lowest BCUT2D eigenvalue weighted by Crippen LogP contribution is -2.02. The molecule has 0 spiro atoms. The highest BCUT2D eigenvalue weighted by molar-refractivity contribution is 5.93. The molecule has 1 aromatic carbocycles. The molecule has 0 atom stereocenters. The molecule has 0 aliphatic heterocycles. The molecule has 15 heavy (non-hydrogen) atoms. The van der Waals surface area contributed by atoms with Crippen LogP contribution in [0.25, 0.3) is 5.83 Å². The molecule has 0 unspecified atom stereocenters. The summed E-state index contributed by atoms with van der Waals surface area (Å²) in [5.74, 6) is -4.16. The van der Waals surface area contributed by atoms with E-state index in [9.17, 15) is 13.6 Å². The fourth-order valence-corrected chi connectivity index (χ4v) is 0.935. The Kier molecular flexibility index (Phi) is 3.38. The third kappa shape index (κ3) is 2.52. The second-order valence-electron chi connectivity index (χ2n) is 2.74. The van der Waals surface area contributed by atoms with Gasteiger partial charge in [-0.2, -0.15) is 4.39 Å². The number of carbonyl (C=O) groups is 1. The number of hydrogen-bond donors (Lipinski definition) is 1. The molecule has 80 valence electrons. The Bertz CT molecular complexity index is 398. The monoisotopic (exact) mass is 213 g/mol. The minimum absolute atomic E-state index is 0.0629. The Morgan fingerprint density at radius 2 is 1.80 bits per heavy atom. The number of benzene rings is 1. The molecule has 0 bridgehead atoms. The number of nitrogen functional groups attached to an aromatic ring is 1. The first-order chi connectivity index (χ1) is 7.06. The minimum Gasteiger partial charge on any atom is -0.464 e. The van der Waals surface area contributed by atoms with E-state index in [2.05, 4.69) is 4.74 Å². The molecule has 3 nitrogen and oxygen atoms in total. The summed E-state index contributed by atoms with van der Waals surface area (Å²) in [5, 5.41) is 0. The van der Waals surface area contributed by atoms with Gasteiger partial charge in [-0.1, -0.05) is 0 Å². The van der Waals surface area contributed by atoms with Gasteiger partial charge in [0.2, 0.25) is 5.83 Å². The zero-order valence-corrected chi connectivity index (χ0v) is 7.96. The van der Waals surface area contributed by atoms with Crippen molar-refractivity contribution in [2.45, 2.75) is 0 Å². The van der Waals surface area contributed by atoms with Crippen molar-refractivity contribution in [3.8, 4) is 0 Å². The van der Waals surface area contributed by atoms with Gasteiger partial charge in [-0.3, -0.25) is 0 Å². The van der Waals surface area contributed by atoms with Gasteiger partial charge in [0.15, 0.2) is 5.83 Å². The molecule has 0 aliphatic carbocycles. The summed E-state index contributed by atoms with van der Waals surface area (Å²) in [6.07, 6.45) is 0. The number of ether oxygens (including phenoxy) is 1. The van der Waals surface area contributed by atoms with E-state index >= 15 is 0 Å². The van der Waals surface area contributed by atoms with Crippen LogP contribution in [-0.2, 0) is 9.53 Å². The molecule has 0 saturated carbocycles. The van der Waals surface area contributed by atoms with Gasteiger partial charge < -0.3 is 10.5 Å². The van der Waals surface area contributed by atoms with Crippen molar-refractivity contribution < 1.29 is 18.3 Å². The Labute approximate surface area is 85.1 Å². The highest BCUT2D eigenvalue weighted by Gasteiger charge is 2.17. The summed E-state index contributed by atoms with van der Waals surface area (Å²) in [7, 11) is 0.970. The van der Waals surface area contributed by atoms with Crippen molar-refractivity contribution in [2.75, 3.05) is 12.8 Å². The van der Waals surface area contributed by atoms with Crippen LogP contribution in [0.1, 0.15) is 5.56 Å². The fourth-order valence-electron chi connectivity index (χ4n) is 0.935. The van der Waals surface area contributed by atoms with E-state index in [1.807, 2.05) is 0 Å². The van der Waals surface area contributed by atoms with Gasteiger partial charge in [0.25, 0.3) is 0 Å². The van der Waals surface area contributed by atoms with Crippen LogP contribution in [-0.4, -0.2) is 13.1 Å². The van der Waals surface area contributed by atoms with Gasteiger partial charge in [-0.15, -0.1) is 0 Å². The Balaban J connectivity index is 3.07. The van der Waals surface area contributed by atoms with Gasteiger partial charge in [-0.25, -0.2) is 9.18 Å². The predicted molar refractivity (Wildman–Crippen MR) is 52.0 cm³/mol. The normalized spacial score (nSPS) is 11.9. The molecule has 0 amide bonds. The lowest BCUT2D eigenvalue weighted by Gasteiger charge is -2.00. The summed E-state index contributed by atoms with van der Waals surface area (Å²) in [5.41, 5.74) is 5.72. The number of carbonyl (C=O) groups excluding carboxylic acids is 1. The zero-order valence-electron chi connectivity index (χ0n) is 7.96. The number of nitrogens with two attached hydrogens (primary N) is 1. The molecule has 0 saturated heterocycles. The minimum atomic E-state index is -1.55. The Morgan fingerprint density at radius 3 is 2.27 bits per heavy atom. The van der Waals surface area contributed by atoms with Crippen LogP contribution in [0.4, 0.5) is 14.5 Å². The summed E-state index contributed by atoms with van der Waals surface area (Å²) in [6, 6.07) is 5.35. The van der Waals surface area contributed by atoms with Crippen molar-refractivity contribution in [1.82, 2.24) is 0 Å². The molecule has 1 rings (SSSR count). The van der Waals surface area contributed by atoms with E-state index < -0.39 is 17.6 Å². The van der Waals surface area contributed by atoms with Crippen LogP contribution in [0.15, 0.2) is 30.1 Å². The number of methoxy groups -OCH3 is 1. The maximum Gasteiger partial charge on any atom is 0.370 e. The first-order valence-electron chi connectivity index (χ1n) is 4.05. The van der Waals surface area contributed by atoms with E-state index in [0.29, 0.717) is 5.69 Å². The van der Waals surface area contributed by atoms with Crippen molar-refractivity contribution in [3.05, 3.63) is 35.7 Å². The second kappa shape index (κ2) is 4.54. The molecule has 5 heteroatoms. The quantitative estimate of drug-likeness (QED) is 0.464. The van der Waals surface area contributed by atoms with E-state index in [-0.39, 0.29) is 5.56 Å². The lowest BCUT2D eigenvalue weighted by molar-refractivity contribution is -0.137. The third-order valence-corrected chi connectivity index (χ3v) is 1.72. The SMILES string of the molecule is COC(=O)C(F)=C(F)c1ccc(N)cc1. The first kappa shape index (κ1) is 11.2. The van der Waals surface area contributed by atoms with Gasteiger partial charge in [0, 0.05) is 11.3 Å². The van der Waals surface area contributed by atoms with Crippen molar-refractivity contribution >= 4 is 17.5 Å². The van der Waals surface area contributed by atoms with Crippen molar-refractivity contribution in [2.24, 2.45) is 0 Å². The fraction of sp³-hybridized carbons (Fsp3) is 0.100. The number of anilines is 1. The van der Waals surface area contributed by atoms with Crippen LogP contribution in [0.5, 0.6) is 0 Å². The maximum absolute atomic E-state index is 13.3. The third-order valence-electron chi connectivity index (χ3n) is 1.72. The molecular formula is C10H9F2NO2. The number of rotatable bonds is 2. The van der Waals surface area contributed by atoms with Crippen molar-refractivity contribution in [1.29, 1.82) is 0 Å². The topological polar surface area (TPSA) is 52.3 Å². The van der Waals surface area contributed by atoms with Crippen LogP contribution in [0.2, 0.25) is 0 Å². The molecule has 0 aliphatic rings. The molecule has 0 heterocycles. The number of esters is 1. The van der Waals surface area contributed by atoms with Crippen LogP contribution < -0.4 is 5.73 Å². The standard InChI is InChI=1S/C10H9F2NO2/c1-15-10(14)9(12)8(11)6-2-4-7(13)5-3-6/h2-5H,13H2,1H3. The average Bonchev–Trinajstić information content (AvgIpc) is 2.27. The van der Waals surface area contributed by atoms with Gasteiger partial charge in [0.1, 0.15) is 0 Å². The van der Waals surface area contributed by atoms with Crippen molar-refractivity contribution in [3.63, 3.8) is 0 Å². The smallest absolute Gasteiger partial charge is 0.370 e. The molecular weight excluding hydrogens is 204 g/mol. The first-order valence-corrected chi connectivity index (χ1v) is 4.05. The van der Waals surface area contributed by atoms with E-state index in [1.165, 1.54) is 24.3 Å². The van der Waals surface area contributed by atoms with Crippen LogP contribution in [0, 0.1) is 0 Å². The molecule has 0 fully saturated rings. The molecule has 2 N–H and O–H groups in total. The van der Waals surface area contributed by atoms with E-state index in [4.69, 9.17) is 5.73 Å². The van der Waals surface area contributed by atoms with Gasteiger partial charge >= 0.3 is 5.97 Å². The van der Waals surface area contributed by atoms with Gasteiger partial charge in [-0.05, 0) is 24.3 Å². The summed E-state index contributed by atoms with van der Waals surface area (Å²) < 4.78 is 30.3. The van der Waals surface area contributed by atoms with E-state index in [0.717, 1.165) is 7.11 Å². The molecule has 0 radical (unpaired) electrons.